The molecule has 1 aromatic carbocycles. The van der Waals surface area contributed by atoms with Crippen molar-refractivity contribution < 1.29 is 28.6 Å². The largest absolute Gasteiger partial charge is 0.478 e. The topological polar surface area (TPSA) is 113 Å². The van der Waals surface area contributed by atoms with E-state index in [1.165, 1.54) is 36.5 Å². The number of thiazole rings is 1. The van der Waals surface area contributed by atoms with Gasteiger partial charge >= 0.3 is 11.9 Å². The fourth-order valence-corrected chi connectivity index (χ4v) is 4.98. The van der Waals surface area contributed by atoms with Crippen LogP contribution < -0.4 is 5.32 Å². The third kappa shape index (κ3) is 6.42. The van der Waals surface area contributed by atoms with Crippen molar-refractivity contribution in [1.82, 2.24) is 15.2 Å². The number of carbonyl (C=O) groups excluding carboxylic acids is 1. The van der Waals surface area contributed by atoms with Crippen molar-refractivity contribution in [3.63, 3.8) is 0 Å². The lowest BCUT2D eigenvalue weighted by atomic mass is 9.95. The Morgan fingerprint density at radius 3 is 2.92 bits per heavy atom. The molecule has 2 aliphatic heterocycles. The van der Waals surface area contributed by atoms with Gasteiger partial charge in [-0.05, 0) is 32.1 Å². The average Bonchev–Trinajstić information content (AvgIpc) is 3.39. The maximum atomic E-state index is 13.8. The number of carboxylic acid groups (broad SMARTS) is 1. The third-order valence-electron chi connectivity index (χ3n) is 5.85. The van der Waals surface area contributed by atoms with E-state index in [-0.39, 0.29) is 22.8 Å². The van der Waals surface area contributed by atoms with E-state index in [0.29, 0.717) is 48.3 Å². The number of nitrogens with one attached hydrogen (secondary N) is 1. The summed E-state index contributed by atoms with van der Waals surface area (Å²) in [6, 6.07) is 3.11. The molecule has 4 rings (SSSR count). The lowest BCUT2D eigenvalue weighted by molar-refractivity contribution is -0.139. The highest BCUT2D eigenvalue weighted by Crippen LogP contribution is 2.37. The van der Waals surface area contributed by atoms with Gasteiger partial charge in [-0.2, -0.15) is 0 Å². The molecular weight excluding hydrogens is 523 g/mol. The van der Waals surface area contributed by atoms with E-state index in [0.717, 1.165) is 0 Å². The highest BCUT2D eigenvalue weighted by molar-refractivity contribution is 7.11. The summed E-state index contributed by atoms with van der Waals surface area (Å²) in [6.45, 7) is 5.04. The first-order chi connectivity index (χ1) is 17.8. The number of benzene rings is 1. The SMILES string of the molecule is CCOC(=O)C1=C(CN2CCO[C@H](/C=C(\C)C(=O)O)C2)NC(c2nccs2)=N[C@H]1c1ccc(F)cc1Cl. The fraction of sp³-hybridized carbons (Fsp3) is 0.360. The number of carbonyl (C=O) groups is 2. The zero-order valence-electron chi connectivity index (χ0n) is 20.2. The maximum Gasteiger partial charge on any atom is 0.338 e. The molecule has 0 bridgehead atoms. The summed E-state index contributed by atoms with van der Waals surface area (Å²) in [6.07, 6.45) is 2.81. The van der Waals surface area contributed by atoms with Crippen LogP contribution in [0.2, 0.25) is 5.02 Å². The molecule has 1 saturated heterocycles. The number of halogens is 2. The molecule has 37 heavy (non-hydrogen) atoms. The van der Waals surface area contributed by atoms with Gasteiger partial charge in [0.2, 0.25) is 0 Å². The monoisotopic (exact) mass is 548 g/mol. The Morgan fingerprint density at radius 1 is 1.43 bits per heavy atom. The number of hydrogen-bond donors (Lipinski definition) is 2. The molecule has 0 spiro atoms. The highest BCUT2D eigenvalue weighted by Gasteiger charge is 2.35. The van der Waals surface area contributed by atoms with Gasteiger partial charge in [0, 0.05) is 53.1 Å². The second-order valence-electron chi connectivity index (χ2n) is 8.42. The van der Waals surface area contributed by atoms with Gasteiger partial charge in [0.05, 0.1) is 24.9 Å². The van der Waals surface area contributed by atoms with Crippen LogP contribution in [0.4, 0.5) is 4.39 Å². The zero-order valence-corrected chi connectivity index (χ0v) is 21.8. The molecular formula is C25H26ClFN4O5S. The molecule has 9 nitrogen and oxygen atoms in total. The first-order valence-electron chi connectivity index (χ1n) is 11.6. The van der Waals surface area contributed by atoms with Gasteiger partial charge in [-0.3, -0.25) is 9.89 Å². The number of ether oxygens (including phenoxy) is 2. The molecule has 0 unspecified atom stereocenters. The quantitative estimate of drug-likeness (QED) is 0.380. The van der Waals surface area contributed by atoms with Crippen LogP contribution in [-0.2, 0) is 19.1 Å². The second-order valence-corrected chi connectivity index (χ2v) is 9.72. The minimum Gasteiger partial charge on any atom is -0.478 e. The Balaban J connectivity index is 1.74. The van der Waals surface area contributed by atoms with Gasteiger partial charge in [-0.15, -0.1) is 11.3 Å². The standard InChI is InChI=1S/C25H26ClFN4O5S/c1-3-35-25(34)20-19(13-31-7-8-36-16(12-31)10-14(2)24(32)33)29-22(23-28-6-9-37-23)30-21(20)17-5-4-15(27)11-18(17)26/h4-6,9-11,16,21H,3,7-8,12-13H2,1-2H3,(H,29,30)(H,32,33)/b14-10+/t16-,21+/m1/s1. The Bertz CT molecular complexity index is 1260. The van der Waals surface area contributed by atoms with Crippen molar-refractivity contribution >= 4 is 40.7 Å². The summed E-state index contributed by atoms with van der Waals surface area (Å²) in [5.74, 6) is -1.62. The number of nitrogens with zero attached hydrogens (tertiary/aromatic N) is 3. The molecule has 0 saturated carbocycles. The summed E-state index contributed by atoms with van der Waals surface area (Å²) in [4.78, 5) is 35.7. The van der Waals surface area contributed by atoms with E-state index in [9.17, 15) is 19.1 Å². The molecule has 0 radical (unpaired) electrons. The van der Waals surface area contributed by atoms with Crippen molar-refractivity contribution in [2.24, 2.45) is 4.99 Å². The van der Waals surface area contributed by atoms with Gasteiger partial charge in [0.25, 0.3) is 0 Å². The van der Waals surface area contributed by atoms with E-state index >= 15 is 0 Å². The number of rotatable bonds is 8. The predicted octanol–water partition coefficient (Wildman–Crippen LogP) is 3.58. The molecule has 2 atom stereocenters. The fourth-order valence-electron chi connectivity index (χ4n) is 4.12. The number of amidine groups is 1. The van der Waals surface area contributed by atoms with E-state index in [1.54, 1.807) is 19.2 Å². The van der Waals surface area contributed by atoms with Crippen LogP contribution in [0.25, 0.3) is 0 Å². The molecule has 2 aromatic rings. The van der Waals surface area contributed by atoms with E-state index < -0.39 is 29.9 Å². The molecule has 2 N–H and O–H groups in total. The van der Waals surface area contributed by atoms with Crippen LogP contribution in [0.1, 0.15) is 30.5 Å². The Kier molecular flexibility index (Phi) is 8.70. The van der Waals surface area contributed by atoms with Crippen molar-refractivity contribution in [3.05, 3.63) is 74.1 Å². The van der Waals surface area contributed by atoms with E-state index in [2.05, 4.69) is 15.2 Å². The van der Waals surface area contributed by atoms with Crippen molar-refractivity contribution in [2.45, 2.75) is 26.0 Å². The highest BCUT2D eigenvalue weighted by atomic mass is 35.5. The summed E-state index contributed by atoms with van der Waals surface area (Å²) in [5, 5.41) is 15.1. The lowest BCUT2D eigenvalue weighted by Gasteiger charge is -2.35. The molecule has 12 heteroatoms. The van der Waals surface area contributed by atoms with Crippen LogP contribution in [0.15, 0.2) is 57.7 Å². The number of morpholine rings is 1. The maximum absolute atomic E-state index is 13.8. The van der Waals surface area contributed by atoms with Crippen LogP contribution >= 0.6 is 22.9 Å². The summed E-state index contributed by atoms with van der Waals surface area (Å²) in [5.41, 5.74) is 1.46. The van der Waals surface area contributed by atoms with Gasteiger partial charge < -0.3 is 19.9 Å². The minimum atomic E-state index is -1.01. The molecule has 1 fully saturated rings. The Hall–Kier alpha value is -3.12. The smallest absolute Gasteiger partial charge is 0.338 e. The van der Waals surface area contributed by atoms with E-state index in [4.69, 9.17) is 26.1 Å². The van der Waals surface area contributed by atoms with Gasteiger partial charge in [-0.25, -0.2) is 19.0 Å². The normalized spacial score (nSPS) is 20.9. The molecule has 3 heterocycles. The number of carboxylic acids is 1. The van der Waals surface area contributed by atoms with Gasteiger partial charge in [-0.1, -0.05) is 17.7 Å². The number of aromatic nitrogens is 1. The van der Waals surface area contributed by atoms with Crippen LogP contribution in [-0.4, -0.2) is 71.7 Å². The van der Waals surface area contributed by atoms with Crippen molar-refractivity contribution in [2.75, 3.05) is 32.8 Å². The minimum absolute atomic E-state index is 0.135. The number of aliphatic imine (C=N–C) groups is 1. The molecule has 0 amide bonds. The van der Waals surface area contributed by atoms with Gasteiger partial charge in [0.15, 0.2) is 10.8 Å². The number of aliphatic carboxylic acids is 1. The molecule has 1 aromatic heterocycles. The van der Waals surface area contributed by atoms with Crippen LogP contribution in [0, 0.1) is 5.82 Å². The Labute approximate surface area is 222 Å². The third-order valence-corrected chi connectivity index (χ3v) is 6.95. The Morgan fingerprint density at radius 2 is 2.24 bits per heavy atom. The number of esters is 1. The van der Waals surface area contributed by atoms with Crippen molar-refractivity contribution in [1.29, 1.82) is 0 Å². The van der Waals surface area contributed by atoms with Gasteiger partial charge in [0.1, 0.15) is 11.9 Å². The molecule has 2 aliphatic rings. The first-order valence-corrected chi connectivity index (χ1v) is 12.9. The van der Waals surface area contributed by atoms with Crippen molar-refractivity contribution in [3.8, 4) is 0 Å². The summed E-state index contributed by atoms with van der Waals surface area (Å²) in [7, 11) is 0. The zero-order chi connectivity index (χ0) is 26.5. The summed E-state index contributed by atoms with van der Waals surface area (Å²) < 4.78 is 25.0. The molecule has 0 aliphatic carbocycles. The summed E-state index contributed by atoms with van der Waals surface area (Å²) >= 11 is 7.79. The predicted molar refractivity (Wildman–Crippen MR) is 137 cm³/mol. The number of hydrogen-bond acceptors (Lipinski definition) is 9. The second kappa shape index (κ2) is 12.0. The van der Waals surface area contributed by atoms with Crippen LogP contribution in [0.3, 0.4) is 0 Å². The molecule has 196 valence electrons. The first kappa shape index (κ1) is 26.9. The van der Waals surface area contributed by atoms with E-state index in [1.807, 2.05) is 5.38 Å². The lowest BCUT2D eigenvalue weighted by Crippen LogP contribution is -2.46. The average molecular weight is 549 g/mol. The van der Waals surface area contributed by atoms with Crippen LogP contribution in [0.5, 0.6) is 0 Å².